The van der Waals surface area contributed by atoms with Gasteiger partial charge in [-0.25, -0.2) is 8.42 Å². The van der Waals surface area contributed by atoms with Gasteiger partial charge in [0.25, 0.3) is 0 Å². The molecule has 1 aromatic rings. The molecule has 0 spiro atoms. The number of sulfonamides is 1. The zero-order chi connectivity index (χ0) is 13.9. The topological polar surface area (TPSA) is 63.4 Å². The molecular weight excluding hydrogens is 248 g/mol. The van der Waals surface area contributed by atoms with Gasteiger partial charge in [-0.3, -0.25) is 0 Å². The van der Waals surface area contributed by atoms with Crippen molar-refractivity contribution in [1.29, 1.82) is 0 Å². The van der Waals surface area contributed by atoms with Gasteiger partial charge in [0.2, 0.25) is 10.0 Å². The van der Waals surface area contributed by atoms with Crippen LogP contribution in [0, 0.1) is 6.92 Å². The first-order valence-corrected chi connectivity index (χ1v) is 7.59. The van der Waals surface area contributed by atoms with Gasteiger partial charge in [0, 0.05) is 13.1 Å². The lowest BCUT2D eigenvalue weighted by Gasteiger charge is -2.25. The van der Waals surface area contributed by atoms with Crippen molar-refractivity contribution in [2.24, 2.45) is 0 Å². The fraction of sp³-hybridized carbons (Fsp3) is 0.538. The van der Waals surface area contributed by atoms with Crippen LogP contribution in [0.1, 0.15) is 32.3 Å². The number of benzene rings is 1. The van der Waals surface area contributed by atoms with Crippen LogP contribution in [-0.2, 0) is 10.0 Å². The Bertz CT molecular complexity index is 491. The molecule has 0 bridgehead atoms. The van der Waals surface area contributed by atoms with Crippen LogP contribution in [0.2, 0.25) is 0 Å². The van der Waals surface area contributed by atoms with Gasteiger partial charge in [-0.2, -0.15) is 4.31 Å². The molecule has 0 radical (unpaired) electrons. The molecule has 0 amide bonds. The molecule has 0 aromatic heterocycles. The second kappa shape index (κ2) is 5.71. The standard InChI is InChI=1S/C13H22N2O2S/c1-5-7-11(3)15(4)18(16,17)13-10(2)8-6-9-12(13)14/h6,8-9,11H,5,7,14H2,1-4H3. The summed E-state index contributed by atoms with van der Waals surface area (Å²) in [6.07, 6.45) is 1.78. The first-order chi connectivity index (χ1) is 8.32. The van der Waals surface area contributed by atoms with Crippen molar-refractivity contribution in [2.45, 2.75) is 44.6 Å². The van der Waals surface area contributed by atoms with Crippen LogP contribution in [0.3, 0.4) is 0 Å². The lowest BCUT2D eigenvalue weighted by atomic mass is 10.2. The van der Waals surface area contributed by atoms with Crippen LogP contribution in [0.15, 0.2) is 23.1 Å². The molecule has 18 heavy (non-hydrogen) atoms. The average molecular weight is 270 g/mol. The molecule has 1 rings (SSSR count). The van der Waals surface area contributed by atoms with E-state index in [4.69, 9.17) is 5.73 Å². The minimum atomic E-state index is -3.51. The fourth-order valence-corrected chi connectivity index (χ4v) is 3.72. The first-order valence-electron chi connectivity index (χ1n) is 6.15. The molecule has 5 heteroatoms. The third kappa shape index (κ3) is 2.84. The molecule has 0 saturated carbocycles. The van der Waals surface area contributed by atoms with Crippen LogP contribution < -0.4 is 5.73 Å². The average Bonchev–Trinajstić information content (AvgIpc) is 2.27. The zero-order valence-corrected chi connectivity index (χ0v) is 12.3. The van der Waals surface area contributed by atoms with Gasteiger partial charge in [0.1, 0.15) is 4.90 Å². The molecule has 1 unspecified atom stereocenters. The Morgan fingerprint density at radius 2 is 2.00 bits per heavy atom. The highest BCUT2D eigenvalue weighted by atomic mass is 32.2. The van der Waals surface area contributed by atoms with Crippen LogP contribution >= 0.6 is 0 Å². The highest BCUT2D eigenvalue weighted by molar-refractivity contribution is 7.89. The van der Waals surface area contributed by atoms with E-state index in [0.717, 1.165) is 12.8 Å². The predicted octanol–water partition coefficient (Wildman–Crippen LogP) is 2.39. The molecule has 1 aromatic carbocycles. The number of rotatable bonds is 5. The molecule has 1 atom stereocenters. The largest absolute Gasteiger partial charge is 0.398 e. The molecule has 2 N–H and O–H groups in total. The van der Waals surface area contributed by atoms with Crippen molar-refractivity contribution in [3.63, 3.8) is 0 Å². The molecule has 0 heterocycles. The van der Waals surface area contributed by atoms with Crippen molar-refractivity contribution in [3.05, 3.63) is 23.8 Å². The molecule has 102 valence electrons. The number of hydrogen-bond donors (Lipinski definition) is 1. The quantitative estimate of drug-likeness (QED) is 0.836. The summed E-state index contributed by atoms with van der Waals surface area (Å²) in [5.74, 6) is 0. The summed E-state index contributed by atoms with van der Waals surface area (Å²) in [7, 11) is -1.90. The first kappa shape index (κ1) is 15.0. The van der Waals surface area contributed by atoms with Gasteiger partial charge in [0.15, 0.2) is 0 Å². The molecule has 0 aliphatic heterocycles. The summed E-state index contributed by atoms with van der Waals surface area (Å²) in [5, 5.41) is 0. The summed E-state index contributed by atoms with van der Waals surface area (Å²) >= 11 is 0. The Balaban J connectivity index is 3.22. The highest BCUT2D eigenvalue weighted by Crippen LogP contribution is 2.26. The van der Waals surface area contributed by atoms with Crippen molar-refractivity contribution < 1.29 is 8.42 Å². The number of nitrogens with zero attached hydrogens (tertiary/aromatic N) is 1. The number of nitrogen functional groups attached to an aromatic ring is 1. The normalized spacial score (nSPS) is 13.8. The molecule has 0 fully saturated rings. The number of nitrogens with two attached hydrogens (primary N) is 1. The predicted molar refractivity (Wildman–Crippen MR) is 74.9 cm³/mol. The van der Waals surface area contributed by atoms with Crippen LogP contribution in [0.5, 0.6) is 0 Å². The van der Waals surface area contributed by atoms with Crippen molar-refractivity contribution in [1.82, 2.24) is 4.31 Å². The van der Waals surface area contributed by atoms with Gasteiger partial charge >= 0.3 is 0 Å². The molecule has 0 aliphatic carbocycles. The summed E-state index contributed by atoms with van der Waals surface area (Å²) < 4.78 is 26.5. The van der Waals surface area contributed by atoms with Gasteiger partial charge in [0.05, 0.1) is 5.69 Å². The van der Waals surface area contributed by atoms with Gasteiger partial charge in [-0.05, 0) is 31.9 Å². The third-order valence-electron chi connectivity index (χ3n) is 3.21. The van der Waals surface area contributed by atoms with E-state index >= 15 is 0 Å². The summed E-state index contributed by atoms with van der Waals surface area (Å²) in [6.45, 7) is 5.72. The lowest BCUT2D eigenvalue weighted by Crippen LogP contribution is -2.35. The van der Waals surface area contributed by atoms with E-state index in [9.17, 15) is 8.42 Å². The van der Waals surface area contributed by atoms with Gasteiger partial charge in [-0.1, -0.05) is 25.5 Å². The Hall–Kier alpha value is -1.07. The zero-order valence-electron chi connectivity index (χ0n) is 11.5. The minimum Gasteiger partial charge on any atom is -0.398 e. The van der Waals surface area contributed by atoms with E-state index in [1.165, 1.54) is 4.31 Å². The maximum atomic E-state index is 12.5. The molecule has 4 nitrogen and oxygen atoms in total. The second-order valence-corrected chi connectivity index (χ2v) is 6.59. The minimum absolute atomic E-state index is 0.0287. The van der Waals surface area contributed by atoms with E-state index in [2.05, 4.69) is 0 Å². The van der Waals surface area contributed by atoms with E-state index in [1.54, 1.807) is 32.2 Å². The number of aryl methyl sites for hydroxylation is 1. The smallest absolute Gasteiger partial charge is 0.245 e. The Morgan fingerprint density at radius 3 is 2.50 bits per heavy atom. The summed E-state index contributed by atoms with van der Waals surface area (Å²) in [6, 6.07) is 5.12. The second-order valence-electron chi connectivity index (χ2n) is 4.65. The molecular formula is C13H22N2O2S. The van der Waals surface area contributed by atoms with Crippen molar-refractivity contribution in [3.8, 4) is 0 Å². The maximum Gasteiger partial charge on any atom is 0.245 e. The third-order valence-corrected chi connectivity index (χ3v) is 5.40. The van der Waals surface area contributed by atoms with E-state index < -0.39 is 10.0 Å². The van der Waals surface area contributed by atoms with Gasteiger partial charge < -0.3 is 5.73 Å². The fourth-order valence-electron chi connectivity index (χ4n) is 2.01. The Labute approximate surface area is 110 Å². The van der Waals surface area contributed by atoms with Crippen LogP contribution in [0.25, 0.3) is 0 Å². The van der Waals surface area contributed by atoms with Crippen molar-refractivity contribution >= 4 is 15.7 Å². The SMILES string of the molecule is CCCC(C)N(C)S(=O)(=O)c1c(C)cccc1N. The Morgan fingerprint density at radius 1 is 1.39 bits per heavy atom. The van der Waals surface area contributed by atoms with Crippen LogP contribution in [-0.4, -0.2) is 25.8 Å². The summed E-state index contributed by atoms with van der Waals surface area (Å²) in [5.41, 5.74) is 6.81. The Kier molecular flexibility index (Phi) is 4.76. The van der Waals surface area contributed by atoms with E-state index in [1.807, 2.05) is 13.8 Å². The van der Waals surface area contributed by atoms with E-state index in [-0.39, 0.29) is 10.9 Å². The van der Waals surface area contributed by atoms with Crippen LogP contribution in [0.4, 0.5) is 5.69 Å². The van der Waals surface area contributed by atoms with E-state index in [0.29, 0.717) is 11.3 Å². The number of anilines is 1. The molecule has 0 aliphatic rings. The highest BCUT2D eigenvalue weighted by Gasteiger charge is 2.28. The van der Waals surface area contributed by atoms with Gasteiger partial charge in [-0.15, -0.1) is 0 Å². The molecule has 0 saturated heterocycles. The monoisotopic (exact) mass is 270 g/mol. The summed E-state index contributed by atoms with van der Waals surface area (Å²) in [4.78, 5) is 0.232. The van der Waals surface area contributed by atoms with Crippen molar-refractivity contribution in [2.75, 3.05) is 12.8 Å². The lowest BCUT2D eigenvalue weighted by molar-refractivity contribution is 0.368. The maximum absolute atomic E-state index is 12.5. The number of hydrogen-bond acceptors (Lipinski definition) is 3.